The molecule has 5 rings (SSSR count). The van der Waals surface area contributed by atoms with Crippen molar-refractivity contribution in [1.82, 2.24) is 0 Å². The highest BCUT2D eigenvalue weighted by molar-refractivity contribution is 6.26. The van der Waals surface area contributed by atoms with Crippen LogP contribution in [0.5, 0.6) is 0 Å². The lowest BCUT2D eigenvalue weighted by Gasteiger charge is -2.35. The van der Waals surface area contributed by atoms with E-state index in [1.54, 1.807) is 76.2 Å². The number of hydrogen-bond acceptors (Lipinski definition) is 5. The lowest BCUT2D eigenvalue weighted by molar-refractivity contribution is -0.137. The van der Waals surface area contributed by atoms with E-state index in [4.69, 9.17) is 4.74 Å². The van der Waals surface area contributed by atoms with Gasteiger partial charge in [0.2, 0.25) is 0 Å². The van der Waals surface area contributed by atoms with Crippen LogP contribution >= 0.6 is 0 Å². The molecule has 194 valence electrons. The molecular weight excluding hydrogens is 478 g/mol. The molecule has 1 aliphatic carbocycles. The molecule has 0 radical (unpaired) electrons. The fraction of sp³-hybridized carbons (Fsp3) is 0.312. The first kappa shape index (κ1) is 25.6. The summed E-state index contributed by atoms with van der Waals surface area (Å²) in [5.74, 6) is -2.04. The third-order valence-corrected chi connectivity index (χ3v) is 7.70. The van der Waals surface area contributed by atoms with Gasteiger partial charge in [-0.3, -0.25) is 14.4 Å². The minimum atomic E-state index is -1.55. The average molecular weight is 510 g/mol. The largest absolute Gasteiger partial charge is 0.443 e. The predicted molar refractivity (Wildman–Crippen MR) is 144 cm³/mol. The van der Waals surface area contributed by atoms with E-state index in [0.717, 1.165) is 10.5 Å². The van der Waals surface area contributed by atoms with Crippen LogP contribution in [0.15, 0.2) is 84.9 Å². The van der Waals surface area contributed by atoms with E-state index in [1.807, 2.05) is 36.4 Å². The standard InChI is InChI=1S/C32H31NO5/c1-30(2,3)38-29(37)33-25-18-12-11-17-23(25)32(28(33)36,22-15-9-6-10-16-22)24-19-26(34)31(4,27(24)35)20-21-13-7-5-8-14-21/h5-18,24H,19-20H2,1-4H3/t24-,31-,32-/m1/s1. The Kier molecular flexibility index (Phi) is 6.09. The van der Waals surface area contributed by atoms with Crippen molar-refractivity contribution >= 4 is 29.3 Å². The molecule has 0 N–H and O–H groups in total. The number of hydrogen-bond donors (Lipinski definition) is 0. The van der Waals surface area contributed by atoms with Gasteiger partial charge in [-0.05, 0) is 56.9 Å². The number of amides is 2. The quantitative estimate of drug-likeness (QED) is 0.424. The van der Waals surface area contributed by atoms with Gasteiger partial charge in [0, 0.05) is 12.3 Å². The second-order valence-electron chi connectivity index (χ2n) is 11.4. The summed E-state index contributed by atoms with van der Waals surface area (Å²) in [5.41, 5.74) is -1.33. The Labute approximate surface area is 222 Å². The second-order valence-corrected chi connectivity index (χ2v) is 11.4. The molecule has 1 fully saturated rings. The highest BCUT2D eigenvalue weighted by atomic mass is 16.6. The van der Waals surface area contributed by atoms with Crippen LogP contribution in [-0.4, -0.2) is 29.2 Å². The first-order chi connectivity index (χ1) is 18.0. The first-order valence-corrected chi connectivity index (χ1v) is 12.8. The van der Waals surface area contributed by atoms with Gasteiger partial charge in [-0.25, -0.2) is 9.69 Å². The normalized spacial score (nSPS) is 25.0. The number of benzene rings is 3. The van der Waals surface area contributed by atoms with Gasteiger partial charge < -0.3 is 4.74 Å². The third-order valence-electron chi connectivity index (χ3n) is 7.70. The predicted octanol–water partition coefficient (Wildman–Crippen LogP) is 5.66. The monoisotopic (exact) mass is 509 g/mol. The number of imide groups is 1. The summed E-state index contributed by atoms with van der Waals surface area (Å²) in [4.78, 5) is 57.0. The van der Waals surface area contributed by atoms with Crippen molar-refractivity contribution in [3.05, 3.63) is 102 Å². The van der Waals surface area contributed by atoms with Crippen LogP contribution in [0.4, 0.5) is 10.5 Å². The zero-order valence-electron chi connectivity index (χ0n) is 22.1. The van der Waals surface area contributed by atoms with Crippen molar-refractivity contribution in [2.45, 2.75) is 51.6 Å². The Morgan fingerprint density at radius 3 is 2.11 bits per heavy atom. The molecule has 3 aromatic rings. The molecule has 0 aromatic heterocycles. The summed E-state index contributed by atoms with van der Waals surface area (Å²) < 4.78 is 5.62. The van der Waals surface area contributed by atoms with E-state index in [9.17, 15) is 19.2 Å². The SMILES string of the molecule is CC(C)(C)OC(=O)N1C(=O)[C@@](c2ccccc2)([C@@H]2CC(=O)[C@@](C)(Cc3ccccc3)C2=O)c2ccccc21. The van der Waals surface area contributed by atoms with E-state index in [-0.39, 0.29) is 24.4 Å². The third kappa shape index (κ3) is 3.87. The number of rotatable bonds is 4. The number of carbonyl (C=O) groups is 4. The van der Waals surface area contributed by atoms with Crippen LogP contribution < -0.4 is 4.90 Å². The minimum absolute atomic E-state index is 0.0979. The Balaban J connectivity index is 1.69. The van der Waals surface area contributed by atoms with Crippen LogP contribution in [0.2, 0.25) is 0 Å². The Morgan fingerprint density at radius 1 is 0.895 bits per heavy atom. The topological polar surface area (TPSA) is 80.8 Å². The number of nitrogens with zero attached hydrogens (tertiary/aromatic N) is 1. The van der Waals surface area contributed by atoms with Crippen molar-refractivity contribution < 1.29 is 23.9 Å². The molecule has 0 unspecified atom stereocenters. The summed E-state index contributed by atoms with van der Waals surface area (Å²) in [5, 5.41) is 0. The molecule has 3 atom stereocenters. The first-order valence-electron chi connectivity index (χ1n) is 12.8. The number of para-hydroxylation sites is 1. The van der Waals surface area contributed by atoms with Gasteiger partial charge in [0.05, 0.1) is 11.1 Å². The number of Topliss-reactive ketones (excluding diaryl/α,β-unsaturated/α-hetero) is 2. The molecule has 2 amide bonds. The Morgan fingerprint density at radius 2 is 1.47 bits per heavy atom. The number of fused-ring (bicyclic) bond motifs is 1. The fourth-order valence-corrected chi connectivity index (χ4v) is 5.97. The van der Waals surface area contributed by atoms with Crippen molar-refractivity contribution in [1.29, 1.82) is 0 Å². The van der Waals surface area contributed by atoms with Gasteiger partial charge in [0.1, 0.15) is 16.8 Å². The summed E-state index contributed by atoms with van der Waals surface area (Å²) >= 11 is 0. The zero-order chi connectivity index (χ0) is 27.3. The van der Waals surface area contributed by atoms with Crippen molar-refractivity contribution in [2.24, 2.45) is 11.3 Å². The zero-order valence-corrected chi connectivity index (χ0v) is 22.1. The van der Waals surface area contributed by atoms with Crippen molar-refractivity contribution in [3.63, 3.8) is 0 Å². The molecule has 0 bridgehead atoms. The smallest absolute Gasteiger partial charge is 0.421 e. The van der Waals surface area contributed by atoms with Gasteiger partial charge in [0.15, 0.2) is 5.78 Å². The van der Waals surface area contributed by atoms with E-state index < -0.39 is 34.3 Å². The number of anilines is 1. The highest BCUT2D eigenvalue weighted by Crippen LogP contribution is 2.56. The number of carbonyl (C=O) groups excluding carboxylic acids is 4. The summed E-state index contributed by atoms with van der Waals surface area (Å²) in [7, 11) is 0. The van der Waals surface area contributed by atoms with Crippen LogP contribution in [0.3, 0.4) is 0 Å². The molecule has 6 heteroatoms. The van der Waals surface area contributed by atoms with Gasteiger partial charge in [-0.15, -0.1) is 0 Å². The molecule has 1 aliphatic heterocycles. The maximum Gasteiger partial charge on any atom is 0.421 e. The van der Waals surface area contributed by atoms with Crippen LogP contribution in [-0.2, 0) is 31.0 Å². The maximum atomic E-state index is 14.6. The summed E-state index contributed by atoms with van der Waals surface area (Å²) in [6.07, 6.45) is -0.658. The fourth-order valence-electron chi connectivity index (χ4n) is 5.97. The molecule has 0 spiro atoms. The van der Waals surface area contributed by atoms with E-state index in [2.05, 4.69) is 0 Å². The van der Waals surface area contributed by atoms with Gasteiger partial charge in [-0.1, -0.05) is 78.9 Å². The molecular formula is C32H31NO5. The van der Waals surface area contributed by atoms with Gasteiger partial charge in [0.25, 0.3) is 5.91 Å². The Hall–Kier alpha value is -4.06. The van der Waals surface area contributed by atoms with E-state index in [0.29, 0.717) is 16.8 Å². The molecule has 6 nitrogen and oxygen atoms in total. The van der Waals surface area contributed by atoms with Crippen LogP contribution in [0, 0.1) is 11.3 Å². The van der Waals surface area contributed by atoms with Crippen molar-refractivity contribution in [2.75, 3.05) is 4.90 Å². The van der Waals surface area contributed by atoms with Gasteiger partial charge >= 0.3 is 6.09 Å². The lowest BCUT2D eigenvalue weighted by atomic mass is 9.64. The van der Waals surface area contributed by atoms with Crippen LogP contribution in [0.1, 0.15) is 50.8 Å². The van der Waals surface area contributed by atoms with E-state index in [1.165, 1.54) is 0 Å². The number of ketones is 2. The Bertz CT molecular complexity index is 1420. The molecule has 1 heterocycles. The van der Waals surface area contributed by atoms with E-state index >= 15 is 0 Å². The molecule has 3 aromatic carbocycles. The second kappa shape index (κ2) is 9.05. The molecule has 0 saturated heterocycles. The molecule has 2 aliphatic rings. The van der Waals surface area contributed by atoms with Crippen molar-refractivity contribution in [3.8, 4) is 0 Å². The molecule has 1 saturated carbocycles. The average Bonchev–Trinajstić information content (AvgIpc) is 3.27. The summed E-state index contributed by atoms with van der Waals surface area (Å²) in [6, 6.07) is 25.4. The minimum Gasteiger partial charge on any atom is -0.443 e. The number of ether oxygens (including phenoxy) is 1. The highest BCUT2D eigenvalue weighted by Gasteiger charge is 2.66. The molecule has 38 heavy (non-hydrogen) atoms. The maximum absolute atomic E-state index is 14.6. The van der Waals surface area contributed by atoms with Gasteiger partial charge in [-0.2, -0.15) is 0 Å². The van der Waals surface area contributed by atoms with Crippen LogP contribution in [0.25, 0.3) is 0 Å². The lowest BCUT2D eigenvalue weighted by Crippen LogP contribution is -2.51. The summed E-state index contributed by atoms with van der Waals surface area (Å²) in [6.45, 7) is 6.88.